The average molecular weight is 449 g/mol. The number of anilines is 1. The molecule has 0 unspecified atom stereocenters. The maximum atomic E-state index is 12.2. The first kappa shape index (κ1) is 21.3. The molecule has 3 aromatic carbocycles. The normalized spacial score (nSPS) is 11.3. The summed E-state index contributed by atoms with van der Waals surface area (Å²) in [5, 5.41) is 18.9. The van der Waals surface area contributed by atoms with Crippen LogP contribution in [0.1, 0.15) is 15.9 Å². The number of nitrogens with zero attached hydrogens (tertiary/aromatic N) is 1. The summed E-state index contributed by atoms with van der Waals surface area (Å²) >= 11 is 0. The lowest BCUT2D eigenvalue weighted by Gasteiger charge is -2.16. The molecule has 4 rings (SSSR count). The topological polar surface area (TPSA) is 132 Å². The molecule has 0 saturated carbocycles. The van der Waals surface area contributed by atoms with Crippen LogP contribution in [0.25, 0.3) is 10.9 Å². The monoisotopic (exact) mass is 449 g/mol. The molecule has 0 amide bonds. The molecular weight excluding hydrogens is 430 g/mol. The van der Waals surface area contributed by atoms with Crippen LogP contribution in [0.4, 0.5) is 5.69 Å². The van der Waals surface area contributed by atoms with E-state index in [4.69, 9.17) is 9.88 Å². The molecule has 0 aliphatic heterocycles. The Bertz CT molecular complexity index is 1400. The van der Waals surface area contributed by atoms with Crippen molar-refractivity contribution in [2.24, 2.45) is 5.14 Å². The smallest absolute Gasteiger partial charge is 0.337 e. The Labute approximate surface area is 184 Å². The SMILES string of the molecule is NS(=O)(=O)c1cc(C(=O)O)c(NCc2ccccc2)cc1Oc1cccc2cccnc12. The molecule has 0 aliphatic carbocycles. The molecule has 0 saturated heterocycles. The first-order chi connectivity index (χ1) is 15.3. The second kappa shape index (κ2) is 8.66. The summed E-state index contributed by atoms with van der Waals surface area (Å²) in [5.41, 5.74) is 1.39. The third-order valence-corrected chi connectivity index (χ3v) is 5.69. The van der Waals surface area contributed by atoms with E-state index in [-0.39, 0.29) is 17.0 Å². The van der Waals surface area contributed by atoms with Crippen molar-refractivity contribution in [2.75, 3.05) is 5.32 Å². The summed E-state index contributed by atoms with van der Waals surface area (Å²) in [6.45, 7) is 0.325. The van der Waals surface area contributed by atoms with Crippen molar-refractivity contribution in [1.29, 1.82) is 0 Å². The van der Waals surface area contributed by atoms with E-state index < -0.39 is 20.9 Å². The van der Waals surface area contributed by atoms with E-state index in [0.29, 0.717) is 17.8 Å². The number of sulfonamides is 1. The van der Waals surface area contributed by atoms with Crippen molar-refractivity contribution >= 4 is 32.6 Å². The number of rotatable bonds is 7. The Morgan fingerprint density at radius 3 is 2.47 bits per heavy atom. The third kappa shape index (κ3) is 4.53. The van der Waals surface area contributed by atoms with E-state index >= 15 is 0 Å². The number of aromatic nitrogens is 1. The maximum absolute atomic E-state index is 12.2. The maximum Gasteiger partial charge on any atom is 0.337 e. The molecule has 0 fully saturated rings. The standard InChI is InChI=1S/C23H19N3O5S/c24-32(29,30)21-12-17(23(27)28)18(26-14-15-6-2-1-3-7-15)13-20(21)31-19-10-4-8-16-9-5-11-25-22(16)19/h1-13,26H,14H2,(H,27,28)(H2,24,29,30). The summed E-state index contributed by atoms with van der Waals surface area (Å²) < 4.78 is 30.4. The minimum absolute atomic E-state index is 0.105. The Balaban J connectivity index is 1.81. The second-order valence-electron chi connectivity index (χ2n) is 6.97. The zero-order chi connectivity index (χ0) is 22.7. The fourth-order valence-corrected chi connectivity index (χ4v) is 3.92. The van der Waals surface area contributed by atoms with Crippen molar-refractivity contribution in [3.8, 4) is 11.5 Å². The molecule has 4 N–H and O–H groups in total. The molecule has 162 valence electrons. The first-order valence-electron chi connectivity index (χ1n) is 9.56. The van der Waals surface area contributed by atoms with Crippen molar-refractivity contribution in [3.63, 3.8) is 0 Å². The van der Waals surface area contributed by atoms with Crippen LogP contribution in [0.3, 0.4) is 0 Å². The lowest BCUT2D eigenvalue weighted by atomic mass is 10.1. The Hall–Kier alpha value is -3.95. The van der Waals surface area contributed by atoms with Crippen LogP contribution < -0.4 is 15.2 Å². The predicted molar refractivity (Wildman–Crippen MR) is 120 cm³/mol. The zero-order valence-electron chi connectivity index (χ0n) is 16.7. The van der Waals surface area contributed by atoms with Crippen molar-refractivity contribution in [2.45, 2.75) is 11.4 Å². The van der Waals surface area contributed by atoms with Crippen molar-refractivity contribution in [3.05, 3.63) is 90.1 Å². The molecule has 0 radical (unpaired) electrons. The van der Waals surface area contributed by atoms with Gasteiger partial charge in [0.15, 0.2) is 5.75 Å². The summed E-state index contributed by atoms with van der Waals surface area (Å²) in [6.07, 6.45) is 1.59. The molecule has 32 heavy (non-hydrogen) atoms. The minimum atomic E-state index is -4.28. The number of nitrogens with two attached hydrogens (primary N) is 1. The van der Waals surface area contributed by atoms with Gasteiger partial charge in [-0.3, -0.25) is 4.98 Å². The first-order valence-corrected chi connectivity index (χ1v) is 11.1. The van der Waals surface area contributed by atoms with Crippen LogP contribution in [0.5, 0.6) is 11.5 Å². The van der Waals surface area contributed by atoms with Crippen LogP contribution >= 0.6 is 0 Å². The molecule has 0 bridgehead atoms. The Morgan fingerprint density at radius 1 is 1.00 bits per heavy atom. The van der Waals surface area contributed by atoms with Gasteiger partial charge in [0.25, 0.3) is 0 Å². The van der Waals surface area contributed by atoms with E-state index in [1.165, 1.54) is 6.07 Å². The number of hydrogen-bond donors (Lipinski definition) is 3. The van der Waals surface area contributed by atoms with Gasteiger partial charge >= 0.3 is 5.97 Å². The van der Waals surface area contributed by atoms with Crippen LogP contribution in [0, 0.1) is 0 Å². The van der Waals surface area contributed by atoms with Gasteiger partial charge in [-0.25, -0.2) is 18.4 Å². The summed E-state index contributed by atoms with van der Waals surface area (Å²) in [4.78, 5) is 15.7. The van der Waals surface area contributed by atoms with Gasteiger partial charge in [-0.2, -0.15) is 0 Å². The number of primary sulfonamides is 1. The third-order valence-electron chi connectivity index (χ3n) is 4.76. The highest BCUT2D eigenvalue weighted by atomic mass is 32.2. The molecule has 1 heterocycles. The molecular formula is C23H19N3O5S. The van der Waals surface area contributed by atoms with Gasteiger partial charge in [-0.05, 0) is 23.8 Å². The second-order valence-corrected chi connectivity index (χ2v) is 8.50. The summed E-state index contributed by atoms with van der Waals surface area (Å²) in [7, 11) is -4.28. The number of carbonyl (C=O) groups is 1. The number of hydrogen-bond acceptors (Lipinski definition) is 6. The average Bonchev–Trinajstić information content (AvgIpc) is 2.77. The fraction of sp³-hybridized carbons (Fsp3) is 0.0435. The summed E-state index contributed by atoms with van der Waals surface area (Å²) in [6, 6.07) is 20.5. The van der Waals surface area contributed by atoms with Gasteiger partial charge in [0, 0.05) is 24.2 Å². The molecule has 1 aromatic heterocycles. The van der Waals surface area contributed by atoms with Gasteiger partial charge in [0.05, 0.1) is 11.3 Å². The van der Waals surface area contributed by atoms with Gasteiger partial charge < -0.3 is 15.2 Å². The molecule has 0 spiro atoms. The molecule has 8 nitrogen and oxygen atoms in total. The zero-order valence-corrected chi connectivity index (χ0v) is 17.5. The van der Waals surface area contributed by atoms with Gasteiger partial charge in [-0.1, -0.05) is 48.5 Å². The highest BCUT2D eigenvalue weighted by Crippen LogP contribution is 2.36. The number of benzene rings is 3. The lowest BCUT2D eigenvalue weighted by molar-refractivity contribution is 0.0697. The predicted octanol–water partition coefficient (Wildman–Crippen LogP) is 3.98. The Kier molecular flexibility index (Phi) is 5.76. The van der Waals surface area contributed by atoms with E-state index in [2.05, 4.69) is 10.3 Å². The van der Waals surface area contributed by atoms with E-state index in [0.717, 1.165) is 17.0 Å². The quantitative estimate of drug-likeness (QED) is 0.389. The number of carboxylic acid groups (broad SMARTS) is 1. The van der Waals surface area contributed by atoms with E-state index in [1.807, 2.05) is 42.5 Å². The van der Waals surface area contributed by atoms with Crippen molar-refractivity contribution < 1.29 is 23.1 Å². The highest BCUT2D eigenvalue weighted by Gasteiger charge is 2.23. The van der Waals surface area contributed by atoms with Gasteiger partial charge in [0.1, 0.15) is 16.2 Å². The molecule has 9 heteroatoms. The lowest BCUT2D eigenvalue weighted by Crippen LogP contribution is -2.16. The van der Waals surface area contributed by atoms with Crippen molar-refractivity contribution in [1.82, 2.24) is 4.98 Å². The largest absolute Gasteiger partial charge is 0.478 e. The number of aromatic carboxylic acids is 1. The number of ether oxygens (including phenoxy) is 1. The number of nitrogens with one attached hydrogen (secondary N) is 1. The van der Waals surface area contributed by atoms with Crippen LogP contribution in [-0.2, 0) is 16.6 Å². The van der Waals surface area contributed by atoms with Crippen LogP contribution in [-0.4, -0.2) is 24.5 Å². The molecule has 4 aromatic rings. The van der Waals surface area contributed by atoms with E-state index in [1.54, 1.807) is 24.4 Å². The Morgan fingerprint density at radius 2 is 1.75 bits per heavy atom. The highest BCUT2D eigenvalue weighted by molar-refractivity contribution is 7.89. The number of para-hydroxylation sites is 1. The fourth-order valence-electron chi connectivity index (χ4n) is 3.26. The number of pyridine rings is 1. The number of fused-ring (bicyclic) bond motifs is 1. The van der Waals surface area contributed by atoms with Gasteiger partial charge in [0.2, 0.25) is 10.0 Å². The molecule has 0 aliphatic rings. The van der Waals surface area contributed by atoms with E-state index in [9.17, 15) is 18.3 Å². The van der Waals surface area contributed by atoms with Gasteiger partial charge in [-0.15, -0.1) is 0 Å². The van der Waals surface area contributed by atoms with Crippen LogP contribution in [0.15, 0.2) is 83.9 Å². The minimum Gasteiger partial charge on any atom is -0.478 e. The summed E-state index contributed by atoms with van der Waals surface area (Å²) in [5.74, 6) is -1.10. The van der Waals surface area contributed by atoms with Crippen LogP contribution in [0.2, 0.25) is 0 Å². The molecule has 0 atom stereocenters. The number of carboxylic acids is 1.